The summed E-state index contributed by atoms with van der Waals surface area (Å²) in [6.07, 6.45) is 1.20. The topological polar surface area (TPSA) is 90.3 Å². The van der Waals surface area contributed by atoms with E-state index in [4.69, 9.17) is 4.74 Å². The van der Waals surface area contributed by atoms with Crippen molar-refractivity contribution in [3.05, 3.63) is 76.6 Å². The average Bonchev–Trinajstić information content (AvgIpc) is 2.71. The lowest BCUT2D eigenvalue weighted by atomic mass is 10.0. The molecule has 7 nitrogen and oxygen atoms in total. The van der Waals surface area contributed by atoms with Gasteiger partial charge in [0.15, 0.2) is 0 Å². The summed E-state index contributed by atoms with van der Waals surface area (Å²) in [5, 5.41) is 2.85. The van der Waals surface area contributed by atoms with Crippen LogP contribution in [0, 0.1) is 5.82 Å². The number of halogens is 1. The molecule has 8 heteroatoms. The molecule has 2 aromatic carbocycles. The number of hydrogen-bond acceptors (Lipinski definition) is 5. The maximum Gasteiger partial charge on any atom is 0.308 e. The Morgan fingerprint density at radius 2 is 1.97 bits per heavy atom. The number of ether oxygens (including phenoxy) is 1. The number of aromatic nitrogens is 2. The Hall–Kier alpha value is -3.55. The van der Waals surface area contributed by atoms with E-state index >= 15 is 0 Å². The summed E-state index contributed by atoms with van der Waals surface area (Å²) < 4.78 is 19.5. The smallest absolute Gasteiger partial charge is 0.308 e. The van der Waals surface area contributed by atoms with Crippen molar-refractivity contribution in [3.8, 4) is 0 Å². The first-order valence-electron chi connectivity index (χ1n) is 9.12. The maximum atomic E-state index is 13.5. The number of amides is 1. The molecule has 0 aliphatic heterocycles. The van der Waals surface area contributed by atoms with E-state index in [1.165, 1.54) is 18.5 Å². The molecule has 0 radical (unpaired) electrons. The van der Waals surface area contributed by atoms with Gasteiger partial charge in [0.2, 0.25) is 5.91 Å². The fourth-order valence-corrected chi connectivity index (χ4v) is 2.96. The van der Waals surface area contributed by atoms with E-state index in [9.17, 15) is 18.8 Å². The number of benzene rings is 2. The van der Waals surface area contributed by atoms with Crippen LogP contribution in [0.15, 0.2) is 59.7 Å². The molecular weight excluding hydrogens is 377 g/mol. The zero-order chi connectivity index (χ0) is 20.8. The lowest BCUT2D eigenvalue weighted by Gasteiger charge is -2.19. The number of hydrogen-bond donors (Lipinski definition) is 1. The molecule has 0 saturated heterocycles. The summed E-state index contributed by atoms with van der Waals surface area (Å²) >= 11 is 0. The first-order chi connectivity index (χ1) is 14.0. The van der Waals surface area contributed by atoms with Crippen LogP contribution >= 0.6 is 0 Å². The molecule has 1 N–H and O–H groups in total. The van der Waals surface area contributed by atoms with E-state index in [-0.39, 0.29) is 25.0 Å². The molecule has 0 bridgehead atoms. The van der Waals surface area contributed by atoms with Crippen molar-refractivity contribution in [3.63, 3.8) is 0 Å². The van der Waals surface area contributed by atoms with Crippen molar-refractivity contribution in [2.75, 3.05) is 6.61 Å². The molecule has 1 heterocycles. The molecular formula is C21H20FN3O4. The standard InChI is InChI=1S/C21H20FN3O4/c1-2-29-20(27)11-18(14-6-4-3-5-7-14)24-19(26)12-25-13-23-17-9-8-15(22)10-16(17)21(25)28/h3-10,13,18H,2,11-12H2,1H3,(H,24,26). The van der Waals surface area contributed by atoms with E-state index in [0.717, 1.165) is 16.2 Å². The number of nitrogens with one attached hydrogen (secondary N) is 1. The second-order valence-electron chi connectivity index (χ2n) is 6.38. The highest BCUT2D eigenvalue weighted by molar-refractivity contribution is 5.80. The monoisotopic (exact) mass is 397 g/mol. The first-order valence-corrected chi connectivity index (χ1v) is 9.12. The lowest BCUT2D eigenvalue weighted by molar-refractivity contribution is -0.143. The molecule has 1 atom stereocenters. The van der Waals surface area contributed by atoms with E-state index < -0.39 is 29.3 Å². The zero-order valence-corrected chi connectivity index (χ0v) is 15.8. The van der Waals surface area contributed by atoms with Crippen molar-refractivity contribution in [1.29, 1.82) is 0 Å². The molecule has 0 aliphatic rings. The fraction of sp³-hybridized carbons (Fsp3) is 0.238. The number of carbonyl (C=O) groups excluding carboxylic acids is 2. The minimum absolute atomic E-state index is 0.0420. The van der Waals surface area contributed by atoms with Crippen LogP contribution in [0.2, 0.25) is 0 Å². The van der Waals surface area contributed by atoms with Gasteiger partial charge in [-0.1, -0.05) is 30.3 Å². The van der Waals surface area contributed by atoms with E-state index in [1.807, 2.05) is 6.07 Å². The van der Waals surface area contributed by atoms with Gasteiger partial charge in [0.1, 0.15) is 12.4 Å². The molecule has 1 amide bonds. The Bertz CT molecular complexity index is 1080. The number of rotatable bonds is 7. The third-order valence-electron chi connectivity index (χ3n) is 4.31. The lowest BCUT2D eigenvalue weighted by Crippen LogP contribution is -2.36. The van der Waals surface area contributed by atoms with Crippen molar-refractivity contribution in [2.24, 2.45) is 0 Å². The van der Waals surface area contributed by atoms with Gasteiger partial charge in [-0.25, -0.2) is 9.37 Å². The van der Waals surface area contributed by atoms with Gasteiger partial charge in [-0.2, -0.15) is 0 Å². The highest BCUT2D eigenvalue weighted by Crippen LogP contribution is 2.17. The molecule has 1 unspecified atom stereocenters. The second-order valence-corrected chi connectivity index (χ2v) is 6.38. The number of nitrogens with zero attached hydrogens (tertiary/aromatic N) is 2. The van der Waals surface area contributed by atoms with Gasteiger partial charge in [0.25, 0.3) is 5.56 Å². The van der Waals surface area contributed by atoms with Crippen LogP contribution in [0.4, 0.5) is 4.39 Å². The Kier molecular flexibility index (Phi) is 6.33. The van der Waals surface area contributed by atoms with Crippen LogP contribution in [0.5, 0.6) is 0 Å². The van der Waals surface area contributed by atoms with Crippen molar-refractivity contribution < 1.29 is 18.7 Å². The quantitative estimate of drug-likeness (QED) is 0.618. The molecule has 1 aromatic heterocycles. The van der Waals surface area contributed by atoms with Crippen molar-refractivity contribution in [1.82, 2.24) is 14.9 Å². The van der Waals surface area contributed by atoms with Crippen LogP contribution in [0.25, 0.3) is 10.9 Å². The van der Waals surface area contributed by atoms with E-state index in [0.29, 0.717) is 5.52 Å². The largest absolute Gasteiger partial charge is 0.466 e. The van der Waals surface area contributed by atoms with Crippen molar-refractivity contribution >= 4 is 22.8 Å². The number of esters is 1. The minimum Gasteiger partial charge on any atom is -0.466 e. The summed E-state index contributed by atoms with van der Waals surface area (Å²) in [4.78, 5) is 41.1. The summed E-state index contributed by atoms with van der Waals surface area (Å²) in [6, 6.07) is 12.1. The maximum absolute atomic E-state index is 13.5. The van der Waals surface area contributed by atoms with Gasteiger partial charge in [-0.05, 0) is 30.7 Å². The summed E-state index contributed by atoms with van der Waals surface area (Å²) in [6.45, 7) is 1.63. The number of carbonyl (C=O) groups is 2. The molecule has 0 fully saturated rings. The SMILES string of the molecule is CCOC(=O)CC(NC(=O)Cn1cnc2ccc(F)cc2c1=O)c1ccccc1. The predicted octanol–water partition coefficient (Wildman–Crippen LogP) is 2.35. The average molecular weight is 397 g/mol. The normalized spacial score (nSPS) is 11.8. The zero-order valence-electron chi connectivity index (χ0n) is 15.8. The molecule has 150 valence electrons. The highest BCUT2D eigenvalue weighted by Gasteiger charge is 2.20. The Labute approximate surface area is 166 Å². The van der Waals surface area contributed by atoms with Crippen molar-refractivity contribution in [2.45, 2.75) is 25.9 Å². The Balaban J connectivity index is 1.79. The minimum atomic E-state index is -0.607. The number of fused-ring (bicyclic) bond motifs is 1. The molecule has 0 saturated carbocycles. The van der Waals surface area contributed by atoms with Crippen LogP contribution in [-0.4, -0.2) is 28.0 Å². The summed E-state index contributed by atoms with van der Waals surface area (Å²) in [7, 11) is 0. The highest BCUT2D eigenvalue weighted by atomic mass is 19.1. The van der Waals surface area contributed by atoms with Gasteiger partial charge in [-0.3, -0.25) is 19.0 Å². The third-order valence-corrected chi connectivity index (χ3v) is 4.31. The van der Waals surface area contributed by atoms with E-state index in [1.54, 1.807) is 31.2 Å². The Morgan fingerprint density at radius 3 is 2.69 bits per heavy atom. The Morgan fingerprint density at radius 1 is 1.21 bits per heavy atom. The van der Waals surface area contributed by atoms with E-state index in [2.05, 4.69) is 10.3 Å². The molecule has 0 aliphatic carbocycles. The van der Waals surface area contributed by atoms with Gasteiger partial charge < -0.3 is 10.1 Å². The van der Waals surface area contributed by atoms with Gasteiger partial charge in [0.05, 0.1) is 36.3 Å². The molecule has 3 rings (SSSR count). The first kappa shape index (κ1) is 20.2. The van der Waals surface area contributed by atoms with Crippen LogP contribution < -0.4 is 10.9 Å². The molecule has 29 heavy (non-hydrogen) atoms. The third kappa shape index (κ3) is 5.04. The van der Waals surface area contributed by atoms with Gasteiger partial charge >= 0.3 is 5.97 Å². The van der Waals surface area contributed by atoms with Crippen LogP contribution in [0.1, 0.15) is 24.9 Å². The second kappa shape index (κ2) is 9.09. The summed E-state index contributed by atoms with van der Waals surface area (Å²) in [5.74, 6) is -1.48. The fourth-order valence-electron chi connectivity index (χ4n) is 2.96. The van der Waals surface area contributed by atoms with Gasteiger partial charge in [0, 0.05) is 0 Å². The molecule has 0 spiro atoms. The van der Waals surface area contributed by atoms with Crippen LogP contribution in [-0.2, 0) is 20.9 Å². The van der Waals surface area contributed by atoms with Crippen LogP contribution in [0.3, 0.4) is 0 Å². The molecule has 3 aromatic rings. The summed E-state index contributed by atoms with van der Waals surface area (Å²) in [5.41, 5.74) is 0.559. The van der Waals surface area contributed by atoms with Gasteiger partial charge in [-0.15, -0.1) is 0 Å². The predicted molar refractivity (Wildman–Crippen MR) is 105 cm³/mol.